The number of hydrogen-bond donors (Lipinski definition) is 0. The van der Waals surface area contributed by atoms with Crippen molar-refractivity contribution in [2.75, 3.05) is 43.6 Å². The van der Waals surface area contributed by atoms with Gasteiger partial charge in [-0.25, -0.2) is 0 Å². The van der Waals surface area contributed by atoms with Gasteiger partial charge in [-0.2, -0.15) is 0 Å². The quantitative estimate of drug-likeness (QED) is 0.764. The Balaban J connectivity index is 1.58. The molecule has 1 unspecified atom stereocenters. The SMILES string of the molecule is c1ccc(-n2c(SCC3CCCCO3)nnc2N2CCOCC2)cc1. The Morgan fingerprint density at radius 1 is 1.04 bits per heavy atom. The average Bonchev–Trinajstić information content (AvgIpc) is 3.12. The lowest BCUT2D eigenvalue weighted by Crippen LogP contribution is -2.37. The van der Waals surface area contributed by atoms with E-state index in [4.69, 9.17) is 9.47 Å². The van der Waals surface area contributed by atoms with E-state index in [1.807, 2.05) is 6.07 Å². The zero-order chi connectivity index (χ0) is 16.9. The molecule has 0 amide bonds. The highest BCUT2D eigenvalue weighted by Crippen LogP contribution is 2.29. The summed E-state index contributed by atoms with van der Waals surface area (Å²) in [4.78, 5) is 2.25. The zero-order valence-corrected chi connectivity index (χ0v) is 15.2. The number of thioether (sulfide) groups is 1. The van der Waals surface area contributed by atoms with Gasteiger partial charge in [0.25, 0.3) is 0 Å². The third-order valence-electron chi connectivity index (χ3n) is 4.60. The smallest absolute Gasteiger partial charge is 0.232 e. The number of para-hydroxylation sites is 1. The molecule has 4 rings (SSSR count). The molecule has 0 saturated carbocycles. The van der Waals surface area contributed by atoms with Crippen LogP contribution >= 0.6 is 11.8 Å². The lowest BCUT2D eigenvalue weighted by Gasteiger charge is -2.28. The zero-order valence-electron chi connectivity index (χ0n) is 14.3. The predicted octanol–water partition coefficient (Wildman–Crippen LogP) is 2.77. The van der Waals surface area contributed by atoms with Gasteiger partial charge in [-0.15, -0.1) is 10.2 Å². The summed E-state index contributed by atoms with van der Waals surface area (Å²) in [5.41, 5.74) is 1.10. The van der Waals surface area contributed by atoms with Crippen LogP contribution in [0.1, 0.15) is 19.3 Å². The Kier molecular flexibility index (Phi) is 5.54. The van der Waals surface area contributed by atoms with Crippen molar-refractivity contribution in [1.29, 1.82) is 0 Å². The topological polar surface area (TPSA) is 52.4 Å². The Labute approximate surface area is 152 Å². The van der Waals surface area contributed by atoms with Crippen molar-refractivity contribution >= 4 is 17.7 Å². The molecule has 2 aliphatic rings. The van der Waals surface area contributed by atoms with Gasteiger partial charge >= 0.3 is 0 Å². The van der Waals surface area contributed by atoms with Gasteiger partial charge in [-0.3, -0.25) is 4.57 Å². The van der Waals surface area contributed by atoms with Crippen molar-refractivity contribution in [3.63, 3.8) is 0 Å². The van der Waals surface area contributed by atoms with Gasteiger partial charge in [-0.1, -0.05) is 30.0 Å². The van der Waals surface area contributed by atoms with Crippen molar-refractivity contribution in [2.24, 2.45) is 0 Å². The lowest BCUT2D eigenvalue weighted by molar-refractivity contribution is 0.0315. The summed E-state index contributed by atoms with van der Waals surface area (Å²) in [7, 11) is 0. The minimum Gasteiger partial charge on any atom is -0.378 e. The van der Waals surface area contributed by atoms with Crippen molar-refractivity contribution in [1.82, 2.24) is 14.8 Å². The van der Waals surface area contributed by atoms with Crippen LogP contribution in [0.15, 0.2) is 35.5 Å². The molecule has 0 spiro atoms. The van der Waals surface area contributed by atoms with Crippen LogP contribution in [-0.4, -0.2) is 59.5 Å². The fraction of sp³-hybridized carbons (Fsp3) is 0.556. The van der Waals surface area contributed by atoms with Crippen LogP contribution in [0.4, 0.5) is 5.95 Å². The molecule has 2 aliphatic heterocycles. The first-order valence-corrected chi connectivity index (χ1v) is 9.98. The van der Waals surface area contributed by atoms with E-state index in [-0.39, 0.29) is 0 Å². The molecule has 0 aliphatic carbocycles. The third kappa shape index (κ3) is 3.99. The number of morpholine rings is 1. The standard InChI is InChI=1S/C18H24N4O2S/c1-2-6-15(7-3-1)22-17(21-9-12-23-13-10-21)19-20-18(22)25-14-16-8-4-5-11-24-16/h1-3,6-7,16H,4-5,8-14H2. The minimum atomic E-state index is 0.325. The molecule has 2 fully saturated rings. The number of ether oxygens (including phenoxy) is 2. The second kappa shape index (κ2) is 8.21. The number of anilines is 1. The van der Waals surface area contributed by atoms with Gasteiger partial charge in [0.05, 0.1) is 25.0 Å². The minimum absolute atomic E-state index is 0.325. The highest BCUT2D eigenvalue weighted by molar-refractivity contribution is 7.99. The van der Waals surface area contributed by atoms with Crippen LogP contribution in [0.2, 0.25) is 0 Å². The molecule has 0 radical (unpaired) electrons. The number of benzene rings is 1. The normalized spacial score (nSPS) is 21.4. The number of rotatable bonds is 5. The van der Waals surface area contributed by atoms with E-state index in [0.29, 0.717) is 6.10 Å². The Morgan fingerprint density at radius 2 is 1.88 bits per heavy atom. The molecule has 3 heterocycles. The maximum absolute atomic E-state index is 5.86. The second-order valence-electron chi connectivity index (χ2n) is 6.35. The first kappa shape index (κ1) is 16.9. The van der Waals surface area contributed by atoms with Crippen molar-refractivity contribution in [2.45, 2.75) is 30.5 Å². The summed E-state index contributed by atoms with van der Waals surface area (Å²) in [6.45, 7) is 4.05. The van der Waals surface area contributed by atoms with Crippen LogP contribution in [0.5, 0.6) is 0 Å². The number of aromatic nitrogens is 3. The molecular formula is C18H24N4O2S. The average molecular weight is 360 g/mol. The first-order chi connectivity index (χ1) is 12.4. The molecule has 0 N–H and O–H groups in total. The van der Waals surface area contributed by atoms with Crippen LogP contribution in [0, 0.1) is 0 Å². The summed E-state index contributed by atoms with van der Waals surface area (Å²) in [6, 6.07) is 10.3. The molecule has 2 saturated heterocycles. The van der Waals surface area contributed by atoms with E-state index in [2.05, 4.69) is 43.9 Å². The summed E-state index contributed by atoms with van der Waals surface area (Å²) in [5, 5.41) is 9.92. The number of nitrogens with zero attached hydrogens (tertiary/aromatic N) is 4. The highest BCUT2D eigenvalue weighted by Gasteiger charge is 2.23. The van der Waals surface area contributed by atoms with Gasteiger partial charge in [0.2, 0.25) is 5.95 Å². The van der Waals surface area contributed by atoms with Crippen molar-refractivity contribution in [3.8, 4) is 5.69 Å². The summed E-state index contributed by atoms with van der Waals surface area (Å²) in [6.07, 6.45) is 3.91. The van der Waals surface area contributed by atoms with Crippen LogP contribution in [0.3, 0.4) is 0 Å². The molecule has 2 aromatic rings. The molecule has 0 bridgehead atoms. The van der Waals surface area contributed by atoms with Crippen molar-refractivity contribution in [3.05, 3.63) is 30.3 Å². The first-order valence-electron chi connectivity index (χ1n) is 9.00. The number of hydrogen-bond acceptors (Lipinski definition) is 6. The molecule has 134 valence electrons. The van der Waals surface area contributed by atoms with E-state index >= 15 is 0 Å². The van der Waals surface area contributed by atoms with Gasteiger partial charge in [0, 0.05) is 25.4 Å². The van der Waals surface area contributed by atoms with Gasteiger partial charge in [0.15, 0.2) is 5.16 Å². The molecule has 1 aromatic heterocycles. The van der Waals surface area contributed by atoms with E-state index in [1.54, 1.807) is 11.8 Å². The molecule has 25 heavy (non-hydrogen) atoms. The summed E-state index contributed by atoms with van der Waals surface area (Å²) < 4.78 is 13.5. The maximum atomic E-state index is 5.86. The second-order valence-corrected chi connectivity index (χ2v) is 7.34. The fourth-order valence-corrected chi connectivity index (χ4v) is 4.25. The van der Waals surface area contributed by atoms with E-state index in [0.717, 1.165) is 61.9 Å². The van der Waals surface area contributed by atoms with E-state index in [1.165, 1.54) is 12.8 Å². The fourth-order valence-electron chi connectivity index (χ4n) is 3.23. The largest absolute Gasteiger partial charge is 0.378 e. The lowest BCUT2D eigenvalue weighted by atomic mass is 10.1. The molecule has 7 heteroatoms. The Bertz CT molecular complexity index is 667. The van der Waals surface area contributed by atoms with Gasteiger partial charge in [-0.05, 0) is 31.4 Å². The van der Waals surface area contributed by atoms with Crippen LogP contribution < -0.4 is 4.90 Å². The summed E-state index contributed by atoms with van der Waals surface area (Å²) >= 11 is 1.74. The van der Waals surface area contributed by atoms with Gasteiger partial charge in [0.1, 0.15) is 0 Å². The summed E-state index contributed by atoms with van der Waals surface area (Å²) in [5.74, 6) is 1.83. The molecule has 1 aromatic carbocycles. The van der Waals surface area contributed by atoms with E-state index in [9.17, 15) is 0 Å². The van der Waals surface area contributed by atoms with Crippen molar-refractivity contribution < 1.29 is 9.47 Å². The molecular weight excluding hydrogens is 336 g/mol. The molecule has 1 atom stereocenters. The maximum Gasteiger partial charge on any atom is 0.232 e. The Hall–Kier alpha value is -1.57. The third-order valence-corrected chi connectivity index (χ3v) is 5.66. The van der Waals surface area contributed by atoms with E-state index < -0.39 is 0 Å². The monoisotopic (exact) mass is 360 g/mol. The molecule has 6 nitrogen and oxygen atoms in total. The Morgan fingerprint density at radius 3 is 2.64 bits per heavy atom. The van der Waals surface area contributed by atoms with Crippen LogP contribution in [-0.2, 0) is 9.47 Å². The van der Waals surface area contributed by atoms with Gasteiger partial charge < -0.3 is 14.4 Å². The predicted molar refractivity (Wildman–Crippen MR) is 98.7 cm³/mol. The highest BCUT2D eigenvalue weighted by atomic mass is 32.2. The van der Waals surface area contributed by atoms with Crippen LogP contribution in [0.25, 0.3) is 5.69 Å².